The Bertz CT molecular complexity index is 939. The number of nitrogens with zero attached hydrogens (tertiary/aromatic N) is 2. The first-order chi connectivity index (χ1) is 13.8. The van der Waals surface area contributed by atoms with Crippen LogP contribution in [-0.4, -0.2) is 42.8 Å². The Labute approximate surface area is 177 Å². The van der Waals surface area contributed by atoms with Crippen LogP contribution in [0.25, 0.3) is 0 Å². The summed E-state index contributed by atoms with van der Waals surface area (Å²) in [6.07, 6.45) is -0.180. The van der Waals surface area contributed by atoms with Crippen LogP contribution in [-0.2, 0) is 21.4 Å². The molecule has 9 heteroatoms. The zero-order chi connectivity index (χ0) is 21.2. The topological polar surface area (TPSA) is 86.8 Å². The van der Waals surface area contributed by atoms with Gasteiger partial charge in [0.1, 0.15) is 24.0 Å². The molecule has 2 N–H and O–H groups in total. The highest BCUT2D eigenvalue weighted by Gasteiger charge is 2.47. The van der Waals surface area contributed by atoms with Crippen molar-refractivity contribution in [2.24, 2.45) is 10.7 Å². The van der Waals surface area contributed by atoms with Gasteiger partial charge in [0.2, 0.25) is 0 Å². The molecule has 154 valence electrons. The third-order valence-corrected chi connectivity index (χ3v) is 5.42. The molecule has 2 heterocycles. The van der Waals surface area contributed by atoms with E-state index in [0.717, 1.165) is 0 Å². The predicted octanol–water partition coefficient (Wildman–Crippen LogP) is 3.73. The molecular formula is C20H20Cl2FN3O3. The molecule has 29 heavy (non-hydrogen) atoms. The van der Waals surface area contributed by atoms with Crippen molar-refractivity contribution in [3.63, 3.8) is 0 Å². The number of hydrogen-bond acceptors (Lipinski definition) is 6. The second-order valence-electron chi connectivity index (χ2n) is 6.84. The summed E-state index contributed by atoms with van der Waals surface area (Å²) in [7, 11) is 1.44. The van der Waals surface area contributed by atoms with E-state index in [4.69, 9.17) is 38.4 Å². The molecule has 0 radical (unpaired) electrons. The zero-order valence-electron chi connectivity index (χ0n) is 15.9. The van der Waals surface area contributed by atoms with Crippen molar-refractivity contribution >= 4 is 35.0 Å². The van der Waals surface area contributed by atoms with E-state index >= 15 is 0 Å². The van der Waals surface area contributed by atoms with E-state index in [1.165, 1.54) is 13.3 Å². The number of benzene rings is 1. The van der Waals surface area contributed by atoms with Crippen molar-refractivity contribution in [1.29, 1.82) is 0 Å². The normalized spacial score (nSPS) is 24.0. The maximum atomic E-state index is 13.5. The number of alkyl halides is 1. The first kappa shape index (κ1) is 21.5. The van der Waals surface area contributed by atoms with Crippen molar-refractivity contribution in [3.05, 3.63) is 63.4 Å². The fourth-order valence-corrected chi connectivity index (χ4v) is 3.91. The summed E-state index contributed by atoms with van der Waals surface area (Å²) in [4.78, 5) is 21.0. The molecule has 0 aliphatic carbocycles. The third-order valence-electron chi connectivity index (χ3n) is 4.87. The number of carbonyl (C=O) groups excluding carboxylic acids is 1. The number of aliphatic imine (C=N–C) groups is 1. The van der Waals surface area contributed by atoms with Crippen molar-refractivity contribution in [2.45, 2.75) is 31.1 Å². The lowest BCUT2D eigenvalue weighted by atomic mass is 9.82. The molecule has 0 spiro atoms. The lowest BCUT2D eigenvalue weighted by molar-refractivity contribution is -0.0697. The number of Topliss-reactive ketones (excluding diaryl/α,β-unsaturated/α-hetero) is 1. The molecule has 1 aliphatic heterocycles. The molecule has 3 atom stereocenters. The molecule has 0 bridgehead atoms. The van der Waals surface area contributed by atoms with Crippen LogP contribution >= 0.6 is 23.2 Å². The third kappa shape index (κ3) is 4.37. The number of aromatic nitrogens is 1. The second-order valence-corrected chi connectivity index (χ2v) is 7.68. The van der Waals surface area contributed by atoms with Gasteiger partial charge in [-0.3, -0.25) is 9.78 Å². The number of amidine groups is 1. The van der Waals surface area contributed by atoms with Gasteiger partial charge in [-0.25, -0.2) is 9.38 Å². The summed E-state index contributed by atoms with van der Waals surface area (Å²) in [5.74, 6) is -0.181. The van der Waals surface area contributed by atoms with Crippen molar-refractivity contribution in [1.82, 2.24) is 4.98 Å². The summed E-state index contributed by atoms with van der Waals surface area (Å²) in [6.45, 7) is 0.940. The number of ether oxygens (including phenoxy) is 2. The Morgan fingerprint density at radius 1 is 1.34 bits per heavy atom. The highest BCUT2D eigenvalue weighted by molar-refractivity contribution is 6.31. The summed E-state index contributed by atoms with van der Waals surface area (Å²) >= 11 is 12.3. The van der Waals surface area contributed by atoms with Crippen LogP contribution < -0.4 is 5.73 Å². The van der Waals surface area contributed by atoms with E-state index in [2.05, 4.69) is 9.98 Å². The molecule has 0 amide bonds. The monoisotopic (exact) mass is 439 g/mol. The Balaban J connectivity index is 1.97. The minimum Gasteiger partial charge on any atom is -0.456 e. The van der Waals surface area contributed by atoms with Gasteiger partial charge < -0.3 is 15.2 Å². The number of nitrogens with two attached hydrogens (primary N) is 1. The average molecular weight is 440 g/mol. The van der Waals surface area contributed by atoms with Crippen molar-refractivity contribution in [3.8, 4) is 0 Å². The van der Waals surface area contributed by atoms with Crippen molar-refractivity contribution < 1.29 is 18.7 Å². The van der Waals surface area contributed by atoms with Crippen LogP contribution in [0.1, 0.15) is 28.5 Å². The number of ketones is 1. The summed E-state index contributed by atoms with van der Waals surface area (Å²) in [6, 6.07) is 8.18. The lowest BCUT2D eigenvalue weighted by Gasteiger charge is -2.41. The Morgan fingerprint density at radius 2 is 2.10 bits per heavy atom. The molecule has 0 fully saturated rings. The number of halogens is 3. The standard InChI is InChI=1S/C20H20Cl2FN3O3/c1-20(18(28-2)17(9-23)29-19(24)26-20)13-7-11(3-5-14(13)22)8-16(27)15-6-4-12(21)10-25-15/h3-7,10,17-18H,8-9H2,1-2H3,(H2,24,26)/t17-,18+,20-/m1/s1. The van der Waals surface area contributed by atoms with Crippen molar-refractivity contribution in [2.75, 3.05) is 13.8 Å². The second kappa shape index (κ2) is 8.65. The average Bonchev–Trinajstić information content (AvgIpc) is 2.69. The van der Waals surface area contributed by atoms with Gasteiger partial charge in [0.25, 0.3) is 6.02 Å². The molecular weight excluding hydrogens is 420 g/mol. The van der Waals surface area contributed by atoms with E-state index in [-0.39, 0.29) is 18.2 Å². The van der Waals surface area contributed by atoms with Crippen LogP contribution in [0.5, 0.6) is 0 Å². The molecule has 0 unspecified atom stereocenters. The molecule has 0 saturated heterocycles. The van der Waals surface area contributed by atoms with Gasteiger partial charge in [-0.05, 0) is 30.7 Å². The highest BCUT2D eigenvalue weighted by Crippen LogP contribution is 2.40. The first-order valence-electron chi connectivity index (χ1n) is 8.83. The fourth-order valence-electron chi connectivity index (χ4n) is 3.49. The zero-order valence-corrected chi connectivity index (χ0v) is 17.4. The quantitative estimate of drug-likeness (QED) is 0.692. The molecule has 0 saturated carbocycles. The van der Waals surface area contributed by atoms with E-state index < -0.39 is 24.4 Å². The number of methoxy groups -OCH3 is 1. The highest BCUT2D eigenvalue weighted by atomic mass is 35.5. The van der Waals surface area contributed by atoms with Gasteiger partial charge in [0.15, 0.2) is 11.9 Å². The minimum atomic E-state index is -1.09. The summed E-state index contributed by atoms with van der Waals surface area (Å²) in [5.41, 5.74) is 6.24. The number of hydrogen-bond donors (Lipinski definition) is 1. The first-order valence-corrected chi connectivity index (χ1v) is 9.58. The predicted molar refractivity (Wildman–Crippen MR) is 109 cm³/mol. The summed E-state index contributed by atoms with van der Waals surface area (Å²) in [5, 5.41) is 0.845. The van der Waals surface area contributed by atoms with Crippen LogP contribution in [0, 0.1) is 0 Å². The fraction of sp³-hybridized carbons (Fsp3) is 0.350. The van der Waals surface area contributed by atoms with E-state index in [1.54, 1.807) is 37.3 Å². The molecule has 6 nitrogen and oxygen atoms in total. The van der Waals surface area contributed by atoms with Crippen LogP contribution in [0.15, 0.2) is 41.5 Å². The van der Waals surface area contributed by atoms with Gasteiger partial charge in [0.05, 0.1) is 5.02 Å². The molecule has 1 aromatic carbocycles. The Hall–Kier alpha value is -2.22. The van der Waals surface area contributed by atoms with Crippen LogP contribution in [0.4, 0.5) is 4.39 Å². The van der Waals surface area contributed by atoms with Gasteiger partial charge in [0, 0.05) is 30.3 Å². The van der Waals surface area contributed by atoms with Gasteiger partial charge in [-0.2, -0.15) is 0 Å². The number of carbonyl (C=O) groups is 1. The largest absolute Gasteiger partial charge is 0.456 e. The van der Waals surface area contributed by atoms with E-state index in [9.17, 15) is 9.18 Å². The maximum Gasteiger partial charge on any atom is 0.283 e. The van der Waals surface area contributed by atoms with Gasteiger partial charge >= 0.3 is 0 Å². The van der Waals surface area contributed by atoms with E-state index in [0.29, 0.717) is 26.9 Å². The maximum absolute atomic E-state index is 13.5. The molecule has 1 aromatic heterocycles. The van der Waals surface area contributed by atoms with Crippen LogP contribution in [0.2, 0.25) is 10.0 Å². The molecule has 1 aliphatic rings. The Morgan fingerprint density at radius 3 is 2.72 bits per heavy atom. The van der Waals surface area contributed by atoms with Gasteiger partial charge in [-0.15, -0.1) is 0 Å². The lowest BCUT2D eigenvalue weighted by Crippen LogP contribution is -2.53. The SMILES string of the molecule is CO[C@H]1[C@@H](CF)OC(N)=N[C@]1(C)c1cc(CC(=O)c2ccc(Cl)cn2)ccc1Cl. The van der Waals surface area contributed by atoms with Gasteiger partial charge in [-0.1, -0.05) is 35.3 Å². The Kier molecular flexibility index (Phi) is 6.41. The number of pyridine rings is 1. The smallest absolute Gasteiger partial charge is 0.283 e. The van der Waals surface area contributed by atoms with E-state index in [1.807, 2.05) is 0 Å². The summed E-state index contributed by atoms with van der Waals surface area (Å²) < 4.78 is 24.3. The van der Waals surface area contributed by atoms with Crippen LogP contribution in [0.3, 0.4) is 0 Å². The minimum absolute atomic E-state index is 0.0920. The number of rotatable bonds is 6. The molecule has 2 aromatic rings. The molecule has 3 rings (SSSR count).